The van der Waals surface area contributed by atoms with Gasteiger partial charge in [-0.1, -0.05) is 6.92 Å². The number of hydrogen-bond donors (Lipinski definition) is 0. The maximum Gasteiger partial charge on any atom is 0.435 e. The Morgan fingerprint density at radius 2 is 1.81 bits per heavy atom. The predicted molar refractivity (Wildman–Crippen MR) is 112 cm³/mol. The highest BCUT2D eigenvalue weighted by atomic mass is 32.2. The monoisotopic (exact) mass is 491 g/mol. The van der Waals surface area contributed by atoms with Crippen LogP contribution in [0.5, 0.6) is 0 Å². The largest absolute Gasteiger partial charge is 0.435 e. The van der Waals surface area contributed by atoms with Crippen LogP contribution in [0.25, 0.3) is 22.7 Å². The van der Waals surface area contributed by atoms with Gasteiger partial charge in [-0.25, -0.2) is 26.9 Å². The summed E-state index contributed by atoms with van der Waals surface area (Å²) in [5, 5.41) is 6.76. The molecule has 3 aromatic heterocycles. The molecule has 0 aliphatic heterocycles. The summed E-state index contributed by atoms with van der Waals surface area (Å²) in [7, 11) is -2.09. The Hall–Kier alpha value is -2.65. The molecule has 15 heteroatoms. The number of imidazole rings is 1. The van der Waals surface area contributed by atoms with Crippen molar-refractivity contribution in [3.8, 4) is 11.5 Å². The van der Waals surface area contributed by atoms with E-state index in [0.717, 1.165) is 6.07 Å². The predicted octanol–water partition coefficient (Wildman–Crippen LogP) is 2.44. The zero-order chi connectivity index (χ0) is 24.1. The van der Waals surface area contributed by atoms with E-state index in [4.69, 9.17) is 0 Å². The van der Waals surface area contributed by atoms with Crippen molar-refractivity contribution in [3.05, 3.63) is 24.0 Å². The lowest BCUT2D eigenvalue weighted by Crippen LogP contribution is -2.19. The van der Waals surface area contributed by atoms with Gasteiger partial charge >= 0.3 is 6.18 Å². The van der Waals surface area contributed by atoms with Gasteiger partial charge in [0.05, 0.1) is 22.5 Å². The normalized spacial score (nSPS) is 14.7. The fourth-order valence-corrected chi connectivity index (χ4v) is 4.36. The van der Waals surface area contributed by atoms with E-state index < -0.39 is 31.6 Å². The fourth-order valence-electron chi connectivity index (χ4n) is 2.66. The van der Waals surface area contributed by atoms with Crippen LogP contribution in [-0.4, -0.2) is 67.8 Å². The van der Waals surface area contributed by atoms with Crippen molar-refractivity contribution in [1.29, 1.82) is 0 Å². The molecule has 1 unspecified atom stereocenters. The topological polar surface area (TPSA) is 123 Å². The van der Waals surface area contributed by atoms with E-state index in [2.05, 4.69) is 24.5 Å². The van der Waals surface area contributed by atoms with E-state index >= 15 is 0 Å². The summed E-state index contributed by atoms with van der Waals surface area (Å²) < 4.78 is 83.9. The molecule has 0 aliphatic carbocycles. The number of halogens is 3. The molecular formula is C17H20F3N7O3S2. The Kier molecular flexibility index (Phi) is 6.03. The van der Waals surface area contributed by atoms with Crippen LogP contribution in [0, 0.1) is 0 Å². The lowest BCUT2D eigenvalue weighted by molar-refractivity contribution is -0.141. The van der Waals surface area contributed by atoms with Crippen molar-refractivity contribution in [2.75, 3.05) is 26.1 Å². The van der Waals surface area contributed by atoms with Crippen LogP contribution in [-0.2, 0) is 33.0 Å². The zero-order valence-electron chi connectivity index (χ0n) is 17.7. The third-order valence-corrected chi connectivity index (χ3v) is 8.27. The minimum absolute atomic E-state index is 0.0166. The van der Waals surface area contributed by atoms with Crippen LogP contribution in [0.2, 0.25) is 0 Å². The first-order valence-electron chi connectivity index (χ1n) is 9.07. The Morgan fingerprint density at radius 1 is 1.16 bits per heavy atom. The Labute approximate surface area is 182 Å². The summed E-state index contributed by atoms with van der Waals surface area (Å²) in [6.07, 6.45) is -2.10. The Morgan fingerprint density at radius 3 is 2.38 bits per heavy atom. The second-order valence-corrected chi connectivity index (χ2v) is 11.7. The third-order valence-electron chi connectivity index (χ3n) is 4.62. The van der Waals surface area contributed by atoms with Crippen molar-refractivity contribution in [2.24, 2.45) is 11.4 Å². The van der Waals surface area contributed by atoms with Crippen molar-refractivity contribution < 1.29 is 25.8 Å². The molecule has 0 radical (unpaired) electrons. The molecule has 0 aromatic carbocycles. The molecule has 174 valence electrons. The molecule has 3 heterocycles. The van der Waals surface area contributed by atoms with Crippen LogP contribution in [0.15, 0.2) is 27.6 Å². The highest BCUT2D eigenvalue weighted by Gasteiger charge is 2.34. The van der Waals surface area contributed by atoms with Gasteiger partial charge in [0.1, 0.15) is 21.1 Å². The first kappa shape index (κ1) is 24.0. The standard InChI is InChI=1S/C17H20F3N7O3S2/c1-6-32(29,30)12-7-10(25-31(5,28)26(2)3)9-21-14(12)16-22-11-8-13(17(18,19)20)23-24-15(11)27(16)4/h7-9H,6H2,1-5H3. The second kappa shape index (κ2) is 8.04. The van der Waals surface area contributed by atoms with Gasteiger partial charge in [0, 0.05) is 33.5 Å². The maximum absolute atomic E-state index is 13.0. The van der Waals surface area contributed by atoms with Crippen LogP contribution in [0.1, 0.15) is 12.6 Å². The summed E-state index contributed by atoms with van der Waals surface area (Å²) in [6.45, 7) is 1.43. The van der Waals surface area contributed by atoms with Gasteiger partial charge in [-0.05, 0) is 6.07 Å². The Bertz CT molecular complexity index is 1420. The molecule has 0 amide bonds. The molecular weight excluding hydrogens is 471 g/mol. The van der Waals surface area contributed by atoms with Gasteiger partial charge in [-0.15, -0.1) is 10.2 Å². The highest BCUT2D eigenvalue weighted by molar-refractivity contribution is 7.91. The second-order valence-electron chi connectivity index (χ2n) is 7.04. The number of hydrogen-bond acceptors (Lipinski definition) is 8. The Balaban J connectivity index is 2.29. The molecule has 0 bridgehead atoms. The van der Waals surface area contributed by atoms with Gasteiger partial charge in [0.2, 0.25) is 0 Å². The summed E-state index contributed by atoms with van der Waals surface area (Å²) in [4.78, 5) is 8.06. The van der Waals surface area contributed by atoms with Crippen molar-refractivity contribution >= 4 is 36.6 Å². The quantitative estimate of drug-likeness (QED) is 0.537. The molecule has 1 atom stereocenters. The summed E-state index contributed by atoms with van der Waals surface area (Å²) in [5.74, 6) is -0.292. The minimum Gasteiger partial charge on any atom is -0.309 e. The molecule has 3 aromatic rings. The van der Waals surface area contributed by atoms with E-state index in [9.17, 15) is 25.8 Å². The van der Waals surface area contributed by atoms with Crippen LogP contribution in [0.3, 0.4) is 0 Å². The van der Waals surface area contributed by atoms with Gasteiger partial charge in [0.15, 0.2) is 27.0 Å². The van der Waals surface area contributed by atoms with Crippen LogP contribution < -0.4 is 0 Å². The number of sulfone groups is 1. The van der Waals surface area contributed by atoms with E-state index in [0.29, 0.717) is 0 Å². The van der Waals surface area contributed by atoms with Crippen LogP contribution in [0.4, 0.5) is 18.9 Å². The fraction of sp³-hybridized carbons (Fsp3) is 0.412. The number of rotatable bonds is 5. The molecule has 0 spiro atoms. The molecule has 0 saturated carbocycles. The molecule has 32 heavy (non-hydrogen) atoms. The van der Waals surface area contributed by atoms with Gasteiger partial charge in [-0.3, -0.25) is 0 Å². The highest BCUT2D eigenvalue weighted by Crippen LogP contribution is 2.33. The number of fused-ring (bicyclic) bond motifs is 1. The average Bonchev–Trinajstić information content (AvgIpc) is 3.03. The molecule has 0 aliphatic rings. The minimum atomic E-state index is -4.71. The molecule has 0 N–H and O–H groups in total. The third kappa shape index (κ3) is 4.45. The van der Waals surface area contributed by atoms with Gasteiger partial charge < -0.3 is 4.57 Å². The average molecular weight is 492 g/mol. The zero-order valence-corrected chi connectivity index (χ0v) is 19.4. The van der Waals surface area contributed by atoms with E-state index in [-0.39, 0.29) is 39.0 Å². The SMILES string of the molecule is CCS(=O)(=O)c1cc(N=S(C)(=O)N(C)C)cnc1-c1nc2cc(C(F)(F)F)nnc2n1C. The van der Waals surface area contributed by atoms with E-state index in [1.54, 1.807) is 14.1 Å². The lowest BCUT2D eigenvalue weighted by Gasteiger charge is -2.13. The molecule has 0 saturated heterocycles. The number of alkyl halides is 3. The summed E-state index contributed by atoms with van der Waals surface area (Å²) >= 11 is 0. The number of aryl methyl sites for hydroxylation is 1. The number of nitrogens with zero attached hydrogens (tertiary/aromatic N) is 7. The summed E-state index contributed by atoms with van der Waals surface area (Å²) in [5.41, 5.74) is -1.34. The smallest absolute Gasteiger partial charge is 0.309 e. The van der Waals surface area contributed by atoms with Crippen LogP contribution >= 0.6 is 0 Å². The van der Waals surface area contributed by atoms with E-state index in [1.807, 2.05) is 0 Å². The number of pyridine rings is 1. The lowest BCUT2D eigenvalue weighted by atomic mass is 10.3. The molecule has 10 nitrogen and oxygen atoms in total. The molecule has 0 fully saturated rings. The first-order valence-corrected chi connectivity index (χ1v) is 12.6. The van der Waals surface area contributed by atoms with Crippen molar-refractivity contribution in [2.45, 2.75) is 18.0 Å². The first-order chi connectivity index (χ1) is 14.7. The van der Waals surface area contributed by atoms with Crippen molar-refractivity contribution in [1.82, 2.24) is 29.0 Å². The molecule has 3 rings (SSSR count). The van der Waals surface area contributed by atoms with Gasteiger partial charge in [0.25, 0.3) is 0 Å². The maximum atomic E-state index is 13.0. The summed E-state index contributed by atoms with van der Waals surface area (Å²) in [6, 6.07) is 1.95. The van der Waals surface area contributed by atoms with E-state index in [1.165, 1.54) is 41.4 Å². The number of aromatic nitrogens is 5. The van der Waals surface area contributed by atoms with Crippen molar-refractivity contribution in [3.63, 3.8) is 0 Å². The van der Waals surface area contributed by atoms with Gasteiger partial charge in [-0.2, -0.15) is 17.5 Å².